The molecule has 0 aliphatic rings. The van der Waals surface area contributed by atoms with Crippen molar-refractivity contribution in [3.8, 4) is 0 Å². The van der Waals surface area contributed by atoms with Crippen molar-refractivity contribution in [2.24, 2.45) is 5.92 Å². The minimum Gasteiger partial charge on any atom is -0.481 e. The van der Waals surface area contributed by atoms with Crippen LogP contribution in [0.5, 0.6) is 0 Å². The van der Waals surface area contributed by atoms with Gasteiger partial charge in [0.15, 0.2) is 0 Å². The monoisotopic (exact) mass is 254 g/mol. The molecule has 0 atom stereocenters. The molecule has 0 saturated heterocycles. The Bertz CT molecular complexity index is 70.8. The maximum Gasteiger partial charge on any atom is 0.303 e. The molecule has 0 aliphatic carbocycles. The third-order valence-corrected chi connectivity index (χ3v) is 0.583. The zero-order valence-electron chi connectivity index (χ0n) is 5.05. The quantitative estimate of drug-likeness (QED) is 0.800. The number of aliphatic carboxylic acids is 1. The number of carboxylic acids is 1. The first-order chi connectivity index (χ1) is 3.13. The van der Waals surface area contributed by atoms with Gasteiger partial charge in [-0.2, -0.15) is 0 Å². The maximum atomic E-state index is 9.81. The Morgan fingerprint density at radius 1 is 1.62 bits per heavy atom. The summed E-state index contributed by atoms with van der Waals surface area (Å²) in [5.74, 6) is -0.438. The van der Waals surface area contributed by atoms with Crippen molar-refractivity contribution in [1.29, 1.82) is 0 Å². The number of rotatable bonds is 2. The van der Waals surface area contributed by atoms with Gasteiger partial charge in [-0.3, -0.25) is 4.79 Å². The van der Waals surface area contributed by atoms with Crippen LogP contribution in [0.2, 0.25) is 0 Å². The van der Waals surface area contributed by atoms with Crippen molar-refractivity contribution < 1.29 is 50.3 Å². The van der Waals surface area contributed by atoms with Crippen LogP contribution in [-0.4, -0.2) is 11.1 Å². The van der Waals surface area contributed by atoms with Crippen molar-refractivity contribution in [3.63, 3.8) is 0 Å². The molecule has 2 nitrogen and oxygen atoms in total. The van der Waals surface area contributed by atoms with Crippen LogP contribution in [-0.2, 0) is 4.79 Å². The van der Waals surface area contributed by atoms with E-state index in [0.29, 0.717) is 0 Å². The van der Waals surface area contributed by atoms with E-state index in [1.54, 1.807) is 0 Å². The van der Waals surface area contributed by atoms with E-state index in [9.17, 15) is 4.79 Å². The van der Waals surface area contributed by atoms with Crippen LogP contribution in [0.15, 0.2) is 0 Å². The summed E-state index contributed by atoms with van der Waals surface area (Å²) in [5.41, 5.74) is 0. The second-order valence-electron chi connectivity index (χ2n) is 1.99. The standard InChI is InChI=1S/C5H10O2.Sm/c1-4(2)3-5(6)7;/h4H,3H2,1-2H3,(H,6,7);. The molecule has 0 aromatic heterocycles. The minimum atomic E-state index is -0.713. The molecule has 0 saturated carbocycles. The summed E-state index contributed by atoms with van der Waals surface area (Å²) in [4.78, 5) is 9.81. The maximum absolute atomic E-state index is 9.81. The SMILES string of the molecule is CC(C)CC(=O)O.[Sm]. The van der Waals surface area contributed by atoms with E-state index in [2.05, 4.69) is 0 Å². The molecule has 48 valence electrons. The molecule has 0 spiro atoms. The molecule has 0 unspecified atom stereocenters. The van der Waals surface area contributed by atoms with E-state index >= 15 is 0 Å². The van der Waals surface area contributed by atoms with Gasteiger partial charge in [0.25, 0.3) is 0 Å². The van der Waals surface area contributed by atoms with Crippen LogP contribution in [0.1, 0.15) is 20.3 Å². The zero-order valence-corrected chi connectivity index (χ0v) is 7.67. The van der Waals surface area contributed by atoms with E-state index in [1.165, 1.54) is 0 Å². The Hall–Kier alpha value is 0.808. The Morgan fingerprint density at radius 3 is 2.00 bits per heavy atom. The Labute approximate surface area is 81.8 Å². The predicted octanol–water partition coefficient (Wildman–Crippen LogP) is 1.12. The zero-order chi connectivity index (χ0) is 5.86. The van der Waals surface area contributed by atoms with Crippen molar-refractivity contribution >= 4 is 5.97 Å². The molecule has 0 radical (unpaired) electrons. The fourth-order valence-corrected chi connectivity index (χ4v) is 0.349. The van der Waals surface area contributed by atoms with Crippen molar-refractivity contribution in [3.05, 3.63) is 0 Å². The average molecular weight is 252 g/mol. The second-order valence-corrected chi connectivity index (χ2v) is 1.99. The molecular formula is C5H10O2Sm. The van der Waals surface area contributed by atoms with E-state index in [4.69, 9.17) is 5.11 Å². The van der Waals surface area contributed by atoms with Crippen LogP contribution in [0, 0.1) is 46.3 Å². The van der Waals surface area contributed by atoms with E-state index in [-0.39, 0.29) is 52.7 Å². The Balaban J connectivity index is 0. The fraction of sp³-hybridized carbons (Fsp3) is 0.800. The molecule has 3 heteroatoms. The van der Waals surface area contributed by atoms with Crippen molar-refractivity contribution in [1.82, 2.24) is 0 Å². The third kappa shape index (κ3) is 9.93. The molecular weight excluding hydrogens is 242 g/mol. The Morgan fingerprint density at radius 2 is 2.00 bits per heavy atom. The predicted molar refractivity (Wildman–Crippen MR) is 27.1 cm³/mol. The van der Waals surface area contributed by atoms with Gasteiger partial charge in [0.1, 0.15) is 0 Å². The molecule has 8 heavy (non-hydrogen) atoms. The van der Waals surface area contributed by atoms with Gasteiger partial charge < -0.3 is 5.11 Å². The number of carboxylic acid groups (broad SMARTS) is 1. The normalized spacial score (nSPS) is 8.38. The summed E-state index contributed by atoms with van der Waals surface area (Å²) in [6.45, 7) is 3.77. The van der Waals surface area contributed by atoms with Gasteiger partial charge >= 0.3 is 5.97 Å². The minimum absolute atomic E-state index is 0. The van der Waals surface area contributed by atoms with Gasteiger partial charge in [0.2, 0.25) is 0 Å². The summed E-state index contributed by atoms with van der Waals surface area (Å²) < 4.78 is 0. The number of hydrogen-bond acceptors (Lipinski definition) is 1. The summed E-state index contributed by atoms with van der Waals surface area (Å²) in [6.07, 6.45) is 0.278. The van der Waals surface area contributed by atoms with Gasteiger partial charge in [-0.15, -0.1) is 0 Å². The largest absolute Gasteiger partial charge is 0.481 e. The topological polar surface area (TPSA) is 37.3 Å². The van der Waals surface area contributed by atoms with Gasteiger partial charge in [0.05, 0.1) is 0 Å². The number of hydrogen-bond donors (Lipinski definition) is 1. The van der Waals surface area contributed by atoms with E-state index < -0.39 is 5.97 Å². The molecule has 0 bridgehead atoms. The molecule has 0 fully saturated rings. The first-order valence-electron chi connectivity index (χ1n) is 2.34. The summed E-state index contributed by atoms with van der Waals surface area (Å²) in [7, 11) is 0. The van der Waals surface area contributed by atoms with E-state index in [1.807, 2.05) is 13.8 Å². The van der Waals surface area contributed by atoms with Crippen LogP contribution in [0.4, 0.5) is 0 Å². The van der Waals surface area contributed by atoms with Gasteiger partial charge in [-0.1, -0.05) is 13.8 Å². The average Bonchev–Trinajstić information content (AvgIpc) is 1.27. The van der Waals surface area contributed by atoms with Crippen molar-refractivity contribution in [2.75, 3.05) is 0 Å². The fourth-order valence-electron chi connectivity index (χ4n) is 0.349. The summed E-state index contributed by atoms with van der Waals surface area (Å²) >= 11 is 0. The molecule has 0 amide bonds. The molecule has 1 N–H and O–H groups in total. The van der Waals surface area contributed by atoms with Gasteiger partial charge in [-0.05, 0) is 5.92 Å². The van der Waals surface area contributed by atoms with Crippen molar-refractivity contribution in [2.45, 2.75) is 20.3 Å². The van der Waals surface area contributed by atoms with Gasteiger partial charge in [0, 0.05) is 46.8 Å². The summed E-state index contributed by atoms with van der Waals surface area (Å²) in [5, 5.41) is 8.08. The molecule has 0 aromatic rings. The van der Waals surface area contributed by atoms with Gasteiger partial charge in [-0.25, -0.2) is 0 Å². The molecule has 0 heterocycles. The Kier molecular flexibility index (Phi) is 8.60. The summed E-state index contributed by atoms with van der Waals surface area (Å²) in [6, 6.07) is 0. The smallest absolute Gasteiger partial charge is 0.303 e. The van der Waals surface area contributed by atoms with Crippen LogP contribution in [0.25, 0.3) is 0 Å². The molecule has 0 aromatic carbocycles. The van der Waals surface area contributed by atoms with Crippen LogP contribution >= 0.6 is 0 Å². The van der Waals surface area contributed by atoms with Crippen LogP contribution in [0.3, 0.4) is 0 Å². The third-order valence-electron chi connectivity index (χ3n) is 0.583. The number of carbonyl (C=O) groups is 1. The molecule has 0 rings (SSSR count). The first-order valence-corrected chi connectivity index (χ1v) is 2.34. The first kappa shape index (κ1) is 11.6. The van der Waals surface area contributed by atoms with E-state index in [0.717, 1.165) is 0 Å². The van der Waals surface area contributed by atoms with Crippen LogP contribution < -0.4 is 0 Å². The molecule has 0 aliphatic heterocycles. The second kappa shape index (κ2) is 5.94.